The van der Waals surface area contributed by atoms with Crippen LogP contribution < -0.4 is 10.6 Å². The number of rotatable bonds is 6. The monoisotopic (exact) mass is 306 g/mol. The molecule has 0 bridgehead atoms. The van der Waals surface area contributed by atoms with Gasteiger partial charge in [0.25, 0.3) is 11.6 Å². The summed E-state index contributed by atoms with van der Waals surface area (Å²) >= 11 is 1.28. The Morgan fingerprint density at radius 3 is 2.90 bits per heavy atom. The first kappa shape index (κ1) is 14.9. The topological polar surface area (TPSA) is 97.2 Å². The number of hydrogen-bond acceptors (Lipinski definition) is 6. The Morgan fingerprint density at radius 2 is 2.29 bits per heavy atom. The Kier molecular flexibility index (Phi) is 4.83. The third kappa shape index (κ3) is 3.76. The molecule has 0 spiro atoms. The van der Waals surface area contributed by atoms with Crippen molar-refractivity contribution in [3.8, 4) is 0 Å². The van der Waals surface area contributed by atoms with Crippen molar-refractivity contribution >= 4 is 33.8 Å². The molecule has 0 aliphatic carbocycles. The molecular formula is C13H14N4O3S. The molecule has 0 aliphatic rings. The van der Waals surface area contributed by atoms with E-state index in [4.69, 9.17) is 0 Å². The Bertz CT molecular complexity index is 643. The molecule has 2 rings (SSSR count). The molecule has 0 aliphatic heterocycles. The van der Waals surface area contributed by atoms with Crippen LogP contribution in [-0.4, -0.2) is 22.4 Å². The summed E-state index contributed by atoms with van der Waals surface area (Å²) in [6.07, 6.45) is 2.42. The van der Waals surface area contributed by atoms with Crippen LogP contribution in [0.5, 0.6) is 0 Å². The SMILES string of the molecule is CCCNc1ccc(C(=O)Nc2nccs2)cc1[N+](=O)[O-]. The molecule has 7 nitrogen and oxygen atoms in total. The van der Waals surface area contributed by atoms with Crippen LogP contribution >= 0.6 is 11.3 Å². The Balaban J connectivity index is 2.22. The summed E-state index contributed by atoms with van der Waals surface area (Å²) in [5.41, 5.74) is 0.516. The molecule has 21 heavy (non-hydrogen) atoms. The van der Waals surface area contributed by atoms with Crippen LogP contribution in [0.4, 0.5) is 16.5 Å². The molecule has 8 heteroatoms. The van der Waals surface area contributed by atoms with Crippen molar-refractivity contribution in [1.29, 1.82) is 0 Å². The van der Waals surface area contributed by atoms with Gasteiger partial charge in [-0.15, -0.1) is 11.3 Å². The van der Waals surface area contributed by atoms with Crippen LogP contribution in [-0.2, 0) is 0 Å². The minimum Gasteiger partial charge on any atom is -0.380 e. The van der Waals surface area contributed by atoms with E-state index < -0.39 is 10.8 Å². The summed E-state index contributed by atoms with van der Waals surface area (Å²) in [6, 6.07) is 4.36. The van der Waals surface area contributed by atoms with Crippen molar-refractivity contribution in [2.75, 3.05) is 17.2 Å². The fraction of sp³-hybridized carbons (Fsp3) is 0.231. The van der Waals surface area contributed by atoms with Crippen molar-refractivity contribution < 1.29 is 9.72 Å². The predicted octanol–water partition coefficient (Wildman–Crippen LogP) is 3.13. The average molecular weight is 306 g/mol. The molecule has 1 aromatic carbocycles. The van der Waals surface area contributed by atoms with Crippen molar-refractivity contribution in [2.45, 2.75) is 13.3 Å². The van der Waals surface area contributed by atoms with Crippen LogP contribution in [0.15, 0.2) is 29.8 Å². The third-order valence-electron chi connectivity index (χ3n) is 2.67. The second kappa shape index (κ2) is 6.80. The highest BCUT2D eigenvalue weighted by molar-refractivity contribution is 7.13. The molecule has 2 aromatic rings. The minimum absolute atomic E-state index is 0.116. The van der Waals surface area contributed by atoms with Gasteiger partial charge in [-0.05, 0) is 18.6 Å². The number of carbonyl (C=O) groups is 1. The maximum atomic E-state index is 12.0. The van der Waals surface area contributed by atoms with Gasteiger partial charge in [0.05, 0.1) is 4.92 Å². The highest BCUT2D eigenvalue weighted by Crippen LogP contribution is 2.26. The van der Waals surface area contributed by atoms with Gasteiger partial charge in [0.2, 0.25) is 0 Å². The maximum absolute atomic E-state index is 12.0. The number of nitro benzene ring substituents is 1. The molecule has 1 amide bonds. The summed E-state index contributed by atoms with van der Waals surface area (Å²) in [5.74, 6) is -0.421. The number of anilines is 2. The third-order valence-corrected chi connectivity index (χ3v) is 3.36. The van der Waals surface area contributed by atoms with E-state index in [1.807, 2.05) is 6.92 Å². The summed E-state index contributed by atoms with van der Waals surface area (Å²) < 4.78 is 0. The number of nitrogens with one attached hydrogen (secondary N) is 2. The average Bonchev–Trinajstić information content (AvgIpc) is 2.97. The fourth-order valence-electron chi connectivity index (χ4n) is 1.69. The Labute approximate surface area is 125 Å². The number of benzene rings is 1. The zero-order valence-electron chi connectivity index (χ0n) is 11.3. The zero-order chi connectivity index (χ0) is 15.2. The van der Waals surface area contributed by atoms with Gasteiger partial charge in [0.1, 0.15) is 5.69 Å². The van der Waals surface area contributed by atoms with Crippen LogP contribution in [0, 0.1) is 10.1 Å². The molecular weight excluding hydrogens is 292 g/mol. The first-order valence-corrected chi connectivity index (χ1v) is 7.23. The molecule has 2 N–H and O–H groups in total. The quantitative estimate of drug-likeness (QED) is 0.631. The number of nitrogens with zero attached hydrogens (tertiary/aromatic N) is 2. The van der Waals surface area contributed by atoms with Gasteiger partial charge in [-0.25, -0.2) is 4.98 Å². The van der Waals surface area contributed by atoms with Crippen LogP contribution in [0.2, 0.25) is 0 Å². The minimum atomic E-state index is -0.502. The molecule has 0 atom stereocenters. The van der Waals surface area contributed by atoms with E-state index in [2.05, 4.69) is 15.6 Å². The van der Waals surface area contributed by atoms with Crippen molar-refractivity contribution in [2.24, 2.45) is 0 Å². The Morgan fingerprint density at radius 1 is 1.48 bits per heavy atom. The lowest BCUT2D eigenvalue weighted by molar-refractivity contribution is -0.384. The van der Waals surface area contributed by atoms with E-state index >= 15 is 0 Å². The number of thiazole rings is 1. The number of nitro groups is 1. The van der Waals surface area contributed by atoms with E-state index in [-0.39, 0.29) is 11.3 Å². The largest absolute Gasteiger partial charge is 0.380 e. The van der Waals surface area contributed by atoms with Crippen LogP contribution in [0.25, 0.3) is 0 Å². The lowest BCUT2D eigenvalue weighted by Crippen LogP contribution is -2.12. The van der Waals surface area contributed by atoms with Gasteiger partial charge in [0.15, 0.2) is 5.13 Å². The van der Waals surface area contributed by atoms with E-state index in [1.165, 1.54) is 17.4 Å². The Hall–Kier alpha value is -2.48. The van der Waals surface area contributed by atoms with E-state index in [0.29, 0.717) is 17.4 Å². The van der Waals surface area contributed by atoms with Gasteiger partial charge in [0, 0.05) is 29.8 Å². The van der Waals surface area contributed by atoms with Gasteiger partial charge < -0.3 is 5.32 Å². The first-order chi connectivity index (χ1) is 10.1. The van der Waals surface area contributed by atoms with Gasteiger partial charge in [-0.3, -0.25) is 20.2 Å². The second-order valence-corrected chi connectivity index (χ2v) is 5.10. The molecule has 0 saturated carbocycles. The zero-order valence-corrected chi connectivity index (χ0v) is 12.1. The van der Waals surface area contributed by atoms with E-state index in [0.717, 1.165) is 6.42 Å². The molecule has 0 unspecified atom stereocenters. The summed E-state index contributed by atoms with van der Waals surface area (Å²) in [5, 5.41) is 18.9. The number of hydrogen-bond donors (Lipinski definition) is 2. The molecule has 0 radical (unpaired) electrons. The lowest BCUT2D eigenvalue weighted by atomic mass is 10.1. The summed E-state index contributed by atoms with van der Waals surface area (Å²) in [6.45, 7) is 2.60. The second-order valence-electron chi connectivity index (χ2n) is 4.21. The number of amides is 1. The number of carbonyl (C=O) groups excluding carboxylic acids is 1. The summed E-state index contributed by atoms with van der Waals surface area (Å²) in [7, 11) is 0. The molecule has 1 aromatic heterocycles. The van der Waals surface area contributed by atoms with Gasteiger partial charge in [-0.1, -0.05) is 6.92 Å². The first-order valence-electron chi connectivity index (χ1n) is 6.35. The normalized spacial score (nSPS) is 10.1. The predicted molar refractivity (Wildman–Crippen MR) is 81.9 cm³/mol. The molecule has 0 fully saturated rings. The maximum Gasteiger partial charge on any atom is 0.293 e. The smallest absolute Gasteiger partial charge is 0.293 e. The molecule has 1 heterocycles. The fourth-order valence-corrected chi connectivity index (χ4v) is 2.21. The lowest BCUT2D eigenvalue weighted by Gasteiger charge is -2.07. The molecule has 0 saturated heterocycles. The van der Waals surface area contributed by atoms with Crippen LogP contribution in [0.3, 0.4) is 0 Å². The number of aromatic nitrogens is 1. The van der Waals surface area contributed by atoms with Crippen molar-refractivity contribution in [1.82, 2.24) is 4.98 Å². The van der Waals surface area contributed by atoms with E-state index in [9.17, 15) is 14.9 Å². The van der Waals surface area contributed by atoms with Crippen molar-refractivity contribution in [3.63, 3.8) is 0 Å². The van der Waals surface area contributed by atoms with Gasteiger partial charge >= 0.3 is 0 Å². The van der Waals surface area contributed by atoms with E-state index in [1.54, 1.807) is 23.7 Å². The summed E-state index contributed by atoms with van der Waals surface area (Å²) in [4.78, 5) is 26.6. The highest BCUT2D eigenvalue weighted by atomic mass is 32.1. The molecule has 110 valence electrons. The standard InChI is InChI=1S/C13H14N4O3S/c1-2-5-14-10-4-3-9(8-11(10)17(19)20)12(18)16-13-15-6-7-21-13/h3-4,6-8,14H,2,5H2,1H3,(H,15,16,18). The van der Waals surface area contributed by atoms with Crippen molar-refractivity contribution in [3.05, 3.63) is 45.5 Å². The van der Waals surface area contributed by atoms with Crippen LogP contribution in [0.1, 0.15) is 23.7 Å². The highest BCUT2D eigenvalue weighted by Gasteiger charge is 2.17. The van der Waals surface area contributed by atoms with Gasteiger partial charge in [-0.2, -0.15) is 0 Å².